The van der Waals surface area contributed by atoms with Crippen molar-refractivity contribution in [1.29, 1.82) is 0 Å². The topological polar surface area (TPSA) is 82.1 Å². The number of halogens is 1. The first-order valence-electron chi connectivity index (χ1n) is 7.85. The van der Waals surface area contributed by atoms with E-state index < -0.39 is 11.9 Å². The molecule has 1 heterocycles. The number of benzene rings is 1. The molecule has 1 fully saturated rings. The number of ether oxygens (including phenoxy) is 3. The van der Waals surface area contributed by atoms with E-state index in [1.807, 2.05) is 0 Å². The van der Waals surface area contributed by atoms with Crippen molar-refractivity contribution in [3.63, 3.8) is 0 Å². The first kappa shape index (κ1) is 20.1. The second kappa shape index (κ2) is 10.1. The molecule has 0 unspecified atom stereocenters. The van der Waals surface area contributed by atoms with Gasteiger partial charge in [-0.3, -0.25) is 4.79 Å². The maximum Gasteiger partial charge on any atom is 0.344 e. The molecule has 7 nitrogen and oxygen atoms in total. The average Bonchev–Trinajstić information content (AvgIpc) is 2.94. The highest BCUT2D eigenvalue weighted by molar-refractivity contribution is 8.04. The van der Waals surface area contributed by atoms with Crippen molar-refractivity contribution in [1.82, 2.24) is 4.90 Å². The minimum absolute atomic E-state index is 0.0167. The van der Waals surface area contributed by atoms with Gasteiger partial charge in [-0.25, -0.2) is 9.59 Å². The van der Waals surface area contributed by atoms with Crippen molar-refractivity contribution in [3.8, 4) is 5.75 Å². The van der Waals surface area contributed by atoms with Gasteiger partial charge in [0.05, 0.1) is 35.0 Å². The van der Waals surface area contributed by atoms with E-state index in [-0.39, 0.29) is 38.0 Å². The molecular formula is C17H18ClNO6S. The Morgan fingerprint density at radius 3 is 2.81 bits per heavy atom. The lowest BCUT2D eigenvalue weighted by Gasteiger charge is -2.17. The molecular weight excluding hydrogens is 382 g/mol. The molecule has 140 valence electrons. The molecule has 1 aromatic carbocycles. The second-order valence-corrected chi connectivity index (χ2v) is 6.41. The maximum atomic E-state index is 11.9. The van der Waals surface area contributed by atoms with Crippen molar-refractivity contribution in [3.05, 3.63) is 40.4 Å². The van der Waals surface area contributed by atoms with E-state index in [1.54, 1.807) is 31.2 Å². The fourth-order valence-electron chi connectivity index (χ4n) is 2.04. The number of thioether (sulfide) groups is 1. The third-order valence-electron chi connectivity index (χ3n) is 3.20. The Hall–Kier alpha value is -2.19. The highest BCUT2D eigenvalue weighted by Crippen LogP contribution is 2.28. The van der Waals surface area contributed by atoms with Crippen LogP contribution in [0, 0.1) is 0 Å². The zero-order valence-electron chi connectivity index (χ0n) is 14.1. The third kappa shape index (κ3) is 5.96. The van der Waals surface area contributed by atoms with Crippen LogP contribution < -0.4 is 4.74 Å². The van der Waals surface area contributed by atoms with Crippen LogP contribution in [-0.4, -0.2) is 54.9 Å². The van der Waals surface area contributed by atoms with E-state index in [9.17, 15) is 14.4 Å². The molecule has 2 rings (SSSR count). The summed E-state index contributed by atoms with van der Waals surface area (Å²) in [5.74, 6) is -0.639. The maximum absolute atomic E-state index is 11.9. The number of carbonyl (C=O) groups is 3. The zero-order chi connectivity index (χ0) is 18.9. The van der Waals surface area contributed by atoms with Crippen molar-refractivity contribution in [2.24, 2.45) is 0 Å². The van der Waals surface area contributed by atoms with Crippen LogP contribution in [0.25, 0.3) is 0 Å². The fourth-order valence-corrected chi connectivity index (χ4v) is 3.19. The average molecular weight is 400 g/mol. The van der Waals surface area contributed by atoms with Gasteiger partial charge < -0.3 is 19.1 Å². The Kier molecular flexibility index (Phi) is 7.80. The summed E-state index contributed by atoms with van der Waals surface area (Å²) in [5, 5.41) is 0.880. The molecule has 0 aliphatic carbocycles. The summed E-state index contributed by atoms with van der Waals surface area (Å²) < 4.78 is 15.2. The summed E-state index contributed by atoms with van der Waals surface area (Å²) in [6.07, 6.45) is 1.27. The van der Waals surface area contributed by atoms with Crippen molar-refractivity contribution >= 4 is 41.2 Å². The Balaban J connectivity index is 1.78. The molecule has 1 amide bonds. The molecule has 0 atom stereocenters. The van der Waals surface area contributed by atoms with Gasteiger partial charge in [0.2, 0.25) is 5.91 Å². The summed E-state index contributed by atoms with van der Waals surface area (Å²) in [6, 6.07) is 6.78. The molecule has 0 N–H and O–H groups in total. The number of carbonyl (C=O) groups excluding carboxylic acids is 3. The first-order chi connectivity index (χ1) is 12.5. The van der Waals surface area contributed by atoms with Crippen molar-refractivity contribution < 1.29 is 28.6 Å². The smallest absolute Gasteiger partial charge is 0.344 e. The molecule has 1 aromatic rings. The van der Waals surface area contributed by atoms with Crippen LogP contribution in [0.15, 0.2) is 35.4 Å². The van der Waals surface area contributed by atoms with Gasteiger partial charge in [-0.1, -0.05) is 35.5 Å². The molecule has 26 heavy (non-hydrogen) atoms. The normalized spacial score (nSPS) is 15.2. The number of para-hydroxylation sites is 1. The predicted octanol–water partition coefficient (Wildman–Crippen LogP) is 2.24. The summed E-state index contributed by atoms with van der Waals surface area (Å²) in [5.41, 5.74) is 0. The first-order valence-corrected chi connectivity index (χ1v) is 9.22. The van der Waals surface area contributed by atoms with E-state index in [4.69, 9.17) is 25.8 Å². The summed E-state index contributed by atoms with van der Waals surface area (Å²) in [4.78, 5) is 36.5. The quantitative estimate of drug-likeness (QED) is 0.489. The molecule has 0 saturated carbocycles. The summed E-state index contributed by atoms with van der Waals surface area (Å²) >= 11 is 7.16. The standard InChI is InChI=1S/C17H18ClNO6S/c1-2-23-16(21)9-15-19(14(20)11-26-15)7-8-24-17(22)10-25-13-6-4-3-5-12(13)18/h3-6,9H,2,7-8,10-11H2,1H3/b15-9-. The molecule has 0 radical (unpaired) electrons. The molecule has 9 heteroatoms. The Morgan fingerprint density at radius 2 is 2.08 bits per heavy atom. The van der Waals surface area contributed by atoms with Gasteiger partial charge in [-0.2, -0.15) is 0 Å². The Bertz CT molecular complexity index is 708. The molecule has 0 aromatic heterocycles. The number of hydrogen-bond donors (Lipinski definition) is 0. The van der Waals surface area contributed by atoms with Crippen LogP contribution in [0.3, 0.4) is 0 Å². The van der Waals surface area contributed by atoms with E-state index in [0.717, 1.165) is 0 Å². The van der Waals surface area contributed by atoms with E-state index >= 15 is 0 Å². The monoisotopic (exact) mass is 399 g/mol. The Morgan fingerprint density at radius 1 is 1.31 bits per heavy atom. The number of rotatable bonds is 8. The molecule has 1 aliphatic heterocycles. The van der Waals surface area contributed by atoms with Gasteiger partial charge in [-0.15, -0.1) is 0 Å². The van der Waals surface area contributed by atoms with E-state index in [0.29, 0.717) is 15.8 Å². The van der Waals surface area contributed by atoms with Crippen LogP contribution in [0.4, 0.5) is 0 Å². The van der Waals surface area contributed by atoms with Gasteiger partial charge >= 0.3 is 11.9 Å². The zero-order valence-corrected chi connectivity index (χ0v) is 15.7. The van der Waals surface area contributed by atoms with Gasteiger partial charge in [0, 0.05) is 0 Å². The van der Waals surface area contributed by atoms with Gasteiger partial charge in [0.1, 0.15) is 12.4 Å². The van der Waals surface area contributed by atoms with Crippen LogP contribution in [0.5, 0.6) is 5.75 Å². The van der Waals surface area contributed by atoms with Gasteiger partial charge in [0.25, 0.3) is 0 Å². The molecule has 1 aliphatic rings. The van der Waals surface area contributed by atoms with Crippen LogP contribution >= 0.6 is 23.4 Å². The largest absolute Gasteiger partial charge is 0.480 e. The van der Waals surface area contributed by atoms with Crippen LogP contribution in [0.1, 0.15) is 6.92 Å². The summed E-state index contributed by atoms with van der Waals surface area (Å²) in [6.45, 7) is 1.79. The minimum Gasteiger partial charge on any atom is -0.480 e. The highest BCUT2D eigenvalue weighted by Gasteiger charge is 2.27. The molecule has 1 saturated heterocycles. The SMILES string of the molecule is CCOC(=O)/C=C1\SCC(=O)N1CCOC(=O)COc1ccccc1Cl. The lowest BCUT2D eigenvalue weighted by molar-refractivity contribution is -0.147. The molecule has 0 spiro atoms. The van der Waals surface area contributed by atoms with Crippen molar-refractivity contribution in [2.45, 2.75) is 6.92 Å². The number of esters is 2. The van der Waals surface area contributed by atoms with E-state index in [1.165, 1.54) is 22.7 Å². The molecule has 0 bridgehead atoms. The van der Waals surface area contributed by atoms with Crippen LogP contribution in [-0.2, 0) is 23.9 Å². The number of amides is 1. The predicted molar refractivity (Wildman–Crippen MR) is 96.8 cm³/mol. The second-order valence-electron chi connectivity index (χ2n) is 5.01. The summed E-state index contributed by atoms with van der Waals surface area (Å²) in [7, 11) is 0. The lowest BCUT2D eigenvalue weighted by Crippen LogP contribution is -2.30. The lowest BCUT2D eigenvalue weighted by atomic mass is 10.3. The van der Waals surface area contributed by atoms with Crippen LogP contribution in [0.2, 0.25) is 5.02 Å². The van der Waals surface area contributed by atoms with Gasteiger partial charge in [0.15, 0.2) is 6.61 Å². The van der Waals surface area contributed by atoms with E-state index in [2.05, 4.69) is 0 Å². The fraction of sp³-hybridized carbons (Fsp3) is 0.353. The number of nitrogens with zero attached hydrogens (tertiary/aromatic N) is 1. The van der Waals surface area contributed by atoms with Gasteiger partial charge in [-0.05, 0) is 19.1 Å². The highest BCUT2D eigenvalue weighted by atomic mass is 35.5. The third-order valence-corrected chi connectivity index (χ3v) is 4.54. The minimum atomic E-state index is -0.583. The Labute approximate surface area is 160 Å². The van der Waals surface area contributed by atoms with Crippen molar-refractivity contribution in [2.75, 3.05) is 32.1 Å². The number of hydrogen-bond acceptors (Lipinski definition) is 7.